The quantitative estimate of drug-likeness (QED) is 0.757. The van der Waals surface area contributed by atoms with Crippen LogP contribution in [-0.4, -0.2) is 29.7 Å². The van der Waals surface area contributed by atoms with Crippen molar-refractivity contribution in [3.05, 3.63) is 35.9 Å². The summed E-state index contributed by atoms with van der Waals surface area (Å²) in [6.07, 6.45) is 4.35. The Labute approximate surface area is 120 Å². The third-order valence-electron chi connectivity index (χ3n) is 3.98. The van der Waals surface area contributed by atoms with Gasteiger partial charge in [0.1, 0.15) is 0 Å². The molecule has 1 saturated carbocycles. The van der Waals surface area contributed by atoms with E-state index in [9.17, 15) is 9.90 Å². The van der Waals surface area contributed by atoms with Crippen molar-refractivity contribution in [3.8, 4) is 0 Å². The summed E-state index contributed by atoms with van der Waals surface area (Å²) in [4.78, 5) is 12.2. The maximum absolute atomic E-state index is 12.2. The second-order valence-corrected chi connectivity index (χ2v) is 5.70. The van der Waals surface area contributed by atoms with Gasteiger partial charge in [-0.2, -0.15) is 0 Å². The Balaban J connectivity index is 1.87. The van der Waals surface area contributed by atoms with E-state index >= 15 is 0 Å². The Morgan fingerprint density at radius 3 is 2.75 bits per heavy atom. The molecule has 20 heavy (non-hydrogen) atoms. The molecule has 0 spiro atoms. The van der Waals surface area contributed by atoms with Crippen LogP contribution in [0.5, 0.6) is 0 Å². The highest BCUT2D eigenvalue weighted by Crippen LogP contribution is 2.23. The molecule has 2 rings (SSSR count). The van der Waals surface area contributed by atoms with E-state index in [0.717, 1.165) is 31.2 Å². The molecule has 0 aliphatic heterocycles. The molecule has 2 unspecified atom stereocenters. The highest BCUT2D eigenvalue weighted by molar-refractivity contribution is 5.79. The number of carbonyl (C=O) groups excluding carboxylic acids is 1. The molecule has 0 radical (unpaired) electrons. The summed E-state index contributed by atoms with van der Waals surface area (Å²) < 4.78 is 0. The predicted octanol–water partition coefficient (Wildman–Crippen LogP) is 1.22. The maximum atomic E-state index is 12.2. The second kappa shape index (κ2) is 7.41. The van der Waals surface area contributed by atoms with Gasteiger partial charge in [0.15, 0.2) is 0 Å². The van der Waals surface area contributed by atoms with Gasteiger partial charge in [0.05, 0.1) is 12.6 Å². The molecule has 4 heteroatoms. The summed E-state index contributed by atoms with van der Waals surface area (Å²) in [5.74, 6) is 0.0405. The van der Waals surface area contributed by atoms with Gasteiger partial charge in [0.2, 0.25) is 5.91 Å². The van der Waals surface area contributed by atoms with Crippen LogP contribution in [0.4, 0.5) is 0 Å². The molecule has 3 atom stereocenters. The smallest absolute Gasteiger partial charge is 0.223 e. The van der Waals surface area contributed by atoms with E-state index in [4.69, 9.17) is 5.73 Å². The number of aliphatic hydroxyl groups is 1. The largest absolute Gasteiger partial charge is 0.394 e. The number of amides is 1. The highest BCUT2D eigenvalue weighted by atomic mass is 16.3. The molecule has 0 heterocycles. The molecule has 0 saturated heterocycles. The Morgan fingerprint density at radius 2 is 2.10 bits per heavy atom. The molecule has 1 aliphatic rings. The molecular formula is C16H24N2O2. The van der Waals surface area contributed by atoms with Crippen molar-refractivity contribution >= 4 is 5.91 Å². The number of hydrogen-bond acceptors (Lipinski definition) is 3. The van der Waals surface area contributed by atoms with Gasteiger partial charge in [-0.1, -0.05) is 36.8 Å². The third kappa shape index (κ3) is 4.32. The number of benzene rings is 1. The maximum Gasteiger partial charge on any atom is 0.223 e. The van der Waals surface area contributed by atoms with E-state index in [0.29, 0.717) is 6.42 Å². The van der Waals surface area contributed by atoms with Crippen LogP contribution in [0.25, 0.3) is 0 Å². The molecule has 110 valence electrons. The van der Waals surface area contributed by atoms with E-state index in [1.54, 1.807) is 0 Å². The lowest BCUT2D eigenvalue weighted by atomic mass is 9.85. The second-order valence-electron chi connectivity index (χ2n) is 5.70. The Bertz CT molecular complexity index is 422. The highest BCUT2D eigenvalue weighted by Gasteiger charge is 2.26. The molecule has 0 bridgehead atoms. The van der Waals surface area contributed by atoms with Gasteiger partial charge in [-0.05, 0) is 31.2 Å². The number of nitrogens with one attached hydrogen (secondary N) is 1. The predicted molar refractivity (Wildman–Crippen MR) is 79.1 cm³/mol. The van der Waals surface area contributed by atoms with Crippen molar-refractivity contribution in [1.82, 2.24) is 5.32 Å². The van der Waals surface area contributed by atoms with E-state index < -0.39 is 0 Å². The topological polar surface area (TPSA) is 75.4 Å². The van der Waals surface area contributed by atoms with Gasteiger partial charge < -0.3 is 16.2 Å². The van der Waals surface area contributed by atoms with Gasteiger partial charge in [-0.25, -0.2) is 0 Å². The average molecular weight is 276 g/mol. The number of hydrogen-bond donors (Lipinski definition) is 3. The van der Waals surface area contributed by atoms with Gasteiger partial charge in [0.25, 0.3) is 0 Å². The third-order valence-corrected chi connectivity index (χ3v) is 3.98. The van der Waals surface area contributed by atoms with Crippen molar-refractivity contribution in [2.75, 3.05) is 6.61 Å². The standard InChI is InChI=1S/C16H24N2O2/c17-14-8-4-7-13(10-14)16(20)18-15(11-19)9-12-5-2-1-3-6-12/h1-3,5-6,13-15,19H,4,7-11,17H2,(H,18,20)/t13?,14?,15-/m0/s1. The number of rotatable bonds is 5. The van der Waals surface area contributed by atoms with Gasteiger partial charge in [-0.3, -0.25) is 4.79 Å². The van der Waals surface area contributed by atoms with Gasteiger partial charge in [-0.15, -0.1) is 0 Å². The fourth-order valence-electron chi connectivity index (χ4n) is 2.84. The molecule has 0 aromatic heterocycles. The summed E-state index contributed by atoms with van der Waals surface area (Å²) >= 11 is 0. The molecule has 4 nitrogen and oxygen atoms in total. The minimum atomic E-state index is -0.219. The fourth-order valence-corrected chi connectivity index (χ4v) is 2.84. The van der Waals surface area contributed by atoms with Crippen LogP contribution in [0.2, 0.25) is 0 Å². The lowest BCUT2D eigenvalue weighted by Crippen LogP contribution is -2.44. The minimum absolute atomic E-state index is 0.00331. The SMILES string of the molecule is NC1CCCC(C(=O)N[C@H](CO)Cc2ccccc2)C1. The summed E-state index contributed by atoms with van der Waals surface area (Å²) in [6, 6.07) is 9.82. The Morgan fingerprint density at radius 1 is 1.35 bits per heavy atom. The van der Waals surface area contributed by atoms with Gasteiger partial charge in [0, 0.05) is 12.0 Å². The van der Waals surface area contributed by atoms with Crippen molar-refractivity contribution in [2.45, 2.75) is 44.2 Å². The van der Waals surface area contributed by atoms with Crippen LogP contribution >= 0.6 is 0 Å². The van der Waals surface area contributed by atoms with Crippen LogP contribution in [-0.2, 0) is 11.2 Å². The zero-order chi connectivity index (χ0) is 14.4. The first-order valence-corrected chi connectivity index (χ1v) is 7.39. The van der Waals surface area contributed by atoms with E-state index in [1.165, 1.54) is 0 Å². The molecular weight excluding hydrogens is 252 g/mol. The van der Waals surface area contributed by atoms with Crippen LogP contribution in [0, 0.1) is 5.92 Å². The molecule has 1 aliphatic carbocycles. The number of aliphatic hydroxyl groups excluding tert-OH is 1. The minimum Gasteiger partial charge on any atom is -0.394 e. The first-order chi connectivity index (χ1) is 9.69. The average Bonchev–Trinajstić information content (AvgIpc) is 2.47. The lowest BCUT2D eigenvalue weighted by molar-refractivity contribution is -0.127. The Hall–Kier alpha value is -1.39. The van der Waals surface area contributed by atoms with Crippen molar-refractivity contribution in [2.24, 2.45) is 11.7 Å². The normalized spacial score (nSPS) is 24.1. The lowest BCUT2D eigenvalue weighted by Gasteiger charge is -2.27. The number of nitrogens with two attached hydrogens (primary N) is 1. The number of carbonyl (C=O) groups is 1. The molecule has 1 amide bonds. The summed E-state index contributed by atoms with van der Waals surface area (Å²) in [7, 11) is 0. The first-order valence-electron chi connectivity index (χ1n) is 7.39. The zero-order valence-corrected chi connectivity index (χ0v) is 11.8. The molecule has 1 aromatic carbocycles. The first kappa shape index (κ1) is 15.0. The van der Waals surface area contributed by atoms with Crippen molar-refractivity contribution in [1.29, 1.82) is 0 Å². The Kier molecular flexibility index (Phi) is 5.56. The molecule has 1 fully saturated rings. The van der Waals surface area contributed by atoms with E-state index in [-0.39, 0.29) is 30.5 Å². The van der Waals surface area contributed by atoms with Crippen LogP contribution < -0.4 is 11.1 Å². The van der Waals surface area contributed by atoms with Crippen LogP contribution in [0.3, 0.4) is 0 Å². The zero-order valence-electron chi connectivity index (χ0n) is 11.8. The van der Waals surface area contributed by atoms with Gasteiger partial charge >= 0.3 is 0 Å². The van der Waals surface area contributed by atoms with Crippen molar-refractivity contribution in [3.63, 3.8) is 0 Å². The summed E-state index contributed by atoms with van der Waals surface area (Å²) in [5.41, 5.74) is 7.04. The van der Waals surface area contributed by atoms with E-state index in [2.05, 4.69) is 5.32 Å². The van der Waals surface area contributed by atoms with Crippen LogP contribution in [0.15, 0.2) is 30.3 Å². The fraction of sp³-hybridized carbons (Fsp3) is 0.562. The summed E-state index contributed by atoms with van der Waals surface area (Å²) in [5, 5.41) is 12.4. The van der Waals surface area contributed by atoms with Crippen molar-refractivity contribution < 1.29 is 9.90 Å². The molecule has 1 aromatic rings. The molecule has 4 N–H and O–H groups in total. The summed E-state index contributed by atoms with van der Waals surface area (Å²) in [6.45, 7) is -0.0423. The van der Waals surface area contributed by atoms with Crippen LogP contribution in [0.1, 0.15) is 31.2 Å². The van der Waals surface area contributed by atoms with E-state index in [1.807, 2.05) is 30.3 Å². The monoisotopic (exact) mass is 276 g/mol.